The van der Waals surface area contributed by atoms with Gasteiger partial charge in [0.2, 0.25) is 0 Å². The molecule has 2 aromatic carbocycles. The van der Waals surface area contributed by atoms with Crippen molar-refractivity contribution in [3.63, 3.8) is 0 Å². The second-order valence-corrected chi connectivity index (χ2v) is 6.46. The molecule has 4 rings (SSSR count). The first-order valence-corrected chi connectivity index (χ1v) is 8.32. The van der Waals surface area contributed by atoms with Gasteiger partial charge in [0.1, 0.15) is 12.0 Å². The van der Waals surface area contributed by atoms with E-state index in [2.05, 4.69) is 15.6 Å². The maximum Gasteiger partial charge on any atom is 0.269 e. The van der Waals surface area contributed by atoms with Gasteiger partial charge in [0.25, 0.3) is 5.91 Å². The lowest BCUT2D eigenvalue weighted by Gasteiger charge is -2.29. The third-order valence-electron chi connectivity index (χ3n) is 4.31. The third-order valence-corrected chi connectivity index (χ3v) is 4.54. The molecular formula is C18H16ClN4O2-. The molecule has 128 valence electrons. The molecule has 7 heteroatoms. The average molecular weight is 356 g/mol. The summed E-state index contributed by atoms with van der Waals surface area (Å²) >= 11 is 5.97. The standard InChI is InChI=1S/C18H16ClN4O2/c19-13-6-7-14-12(8-13)9-15(20-14)17(24)22-18-21-16(10-23(18)25)11-4-2-1-3-5-11/h1-9,16,18,20-21H,10H2,(H,22,24)/q-1. The highest BCUT2D eigenvalue weighted by Gasteiger charge is 2.28. The molecule has 1 aromatic heterocycles. The molecule has 1 amide bonds. The van der Waals surface area contributed by atoms with Crippen LogP contribution in [0.3, 0.4) is 0 Å². The Hall–Kier alpha value is -2.38. The van der Waals surface area contributed by atoms with Gasteiger partial charge in [-0.2, -0.15) is 0 Å². The fourth-order valence-electron chi connectivity index (χ4n) is 3.04. The van der Waals surface area contributed by atoms with Crippen molar-refractivity contribution >= 4 is 28.4 Å². The first-order chi connectivity index (χ1) is 12.1. The molecule has 6 nitrogen and oxygen atoms in total. The number of carbonyl (C=O) groups is 1. The normalized spacial score (nSPS) is 20.9. The molecule has 0 radical (unpaired) electrons. The topological polar surface area (TPSA) is 83.2 Å². The van der Waals surface area contributed by atoms with E-state index in [0.717, 1.165) is 21.5 Å². The Morgan fingerprint density at radius 2 is 2.00 bits per heavy atom. The number of aromatic nitrogens is 1. The summed E-state index contributed by atoms with van der Waals surface area (Å²) in [6.45, 7) is 0.275. The van der Waals surface area contributed by atoms with Crippen LogP contribution in [0.4, 0.5) is 0 Å². The van der Waals surface area contributed by atoms with Crippen LogP contribution in [-0.4, -0.2) is 28.8 Å². The van der Waals surface area contributed by atoms with Gasteiger partial charge in [-0.3, -0.25) is 10.1 Å². The molecule has 2 heterocycles. The zero-order chi connectivity index (χ0) is 17.4. The number of amides is 1. The number of hydrogen-bond acceptors (Lipinski definition) is 4. The van der Waals surface area contributed by atoms with Gasteiger partial charge in [-0.15, -0.1) is 0 Å². The average Bonchev–Trinajstić information content (AvgIpc) is 3.19. The van der Waals surface area contributed by atoms with Crippen LogP contribution in [0.1, 0.15) is 22.1 Å². The van der Waals surface area contributed by atoms with Crippen LogP contribution in [0.2, 0.25) is 5.02 Å². The molecule has 2 unspecified atom stereocenters. The molecular weight excluding hydrogens is 340 g/mol. The Labute approximate surface area is 149 Å². The lowest BCUT2D eigenvalue weighted by molar-refractivity contribution is 0.0894. The molecule has 25 heavy (non-hydrogen) atoms. The highest BCUT2D eigenvalue weighted by Crippen LogP contribution is 2.22. The lowest BCUT2D eigenvalue weighted by atomic mass is 10.1. The minimum atomic E-state index is -0.771. The number of H-pyrrole nitrogens is 1. The maximum atomic E-state index is 12.5. The van der Waals surface area contributed by atoms with Crippen molar-refractivity contribution in [1.29, 1.82) is 0 Å². The number of carbonyl (C=O) groups excluding carboxylic acids is 1. The quantitative estimate of drug-likeness (QED) is 0.674. The number of halogens is 1. The number of aromatic amines is 1. The minimum Gasteiger partial charge on any atom is -0.783 e. The van der Waals surface area contributed by atoms with Crippen LogP contribution in [0.15, 0.2) is 54.6 Å². The molecule has 0 saturated carbocycles. The number of nitrogens with one attached hydrogen (secondary N) is 3. The maximum absolute atomic E-state index is 12.5. The van der Waals surface area contributed by atoms with Crippen LogP contribution < -0.4 is 10.6 Å². The molecule has 3 aromatic rings. The van der Waals surface area contributed by atoms with E-state index in [-0.39, 0.29) is 18.5 Å². The summed E-state index contributed by atoms with van der Waals surface area (Å²) in [7, 11) is 0. The van der Waals surface area contributed by atoms with E-state index in [1.165, 1.54) is 0 Å². The van der Waals surface area contributed by atoms with E-state index in [9.17, 15) is 10.0 Å². The van der Waals surface area contributed by atoms with Gasteiger partial charge in [0.05, 0.1) is 0 Å². The molecule has 0 aliphatic carbocycles. The molecule has 1 aliphatic heterocycles. The molecule has 0 spiro atoms. The van der Waals surface area contributed by atoms with Gasteiger partial charge in [-0.05, 0) is 29.8 Å². The summed E-state index contributed by atoms with van der Waals surface area (Å²) in [5, 5.41) is 20.3. The van der Waals surface area contributed by atoms with E-state index in [0.29, 0.717) is 10.7 Å². The Morgan fingerprint density at radius 3 is 2.80 bits per heavy atom. The van der Waals surface area contributed by atoms with Gasteiger partial charge in [0.15, 0.2) is 0 Å². The number of fused-ring (bicyclic) bond motifs is 1. The van der Waals surface area contributed by atoms with Crippen molar-refractivity contribution in [2.24, 2.45) is 0 Å². The van der Waals surface area contributed by atoms with E-state index < -0.39 is 6.29 Å². The van der Waals surface area contributed by atoms with Crippen LogP contribution in [0, 0.1) is 5.21 Å². The monoisotopic (exact) mass is 355 g/mol. The number of hydrogen-bond donors (Lipinski definition) is 3. The van der Waals surface area contributed by atoms with Crippen molar-refractivity contribution in [3.05, 3.63) is 76.1 Å². The molecule has 0 bridgehead atoms. The highest BCUT2D eigenvalue weighted by atomic mass is 35.5. The second-order valence-electron chi connectivity index (χ2n) is 6.02. The second kappa shape index (κ2) is 6.50. The van der Waals surface area contributed by atoms with E-state index >= 15 is 0 Å². The van der Waals surface area contributed by atoms with Crippen molar-refractivity contribution in [1.82, 2.24) is 20.7 Å². The Bertz CT molecular complexity index is 912. The fourth-order valence-corrected chi connectivity index (χ4v) is 3.22. The van der Waals surface area contributed by atoms with Crippen LogP contribution >= 0.6 is 11.6 Å². The Balaban J connectivity index is 1.48. The molecule has 1 aliphatic rings. The smallest absolute Gasteiger partial charge is 0.269 e. The van der Waals surface area contributed by atoms with Crippen LogP contribution in [0.5, 0.6) is 0 Å². The molecule has 1 fully saturated rings. The summed E-state index contributed by atoms with van der Waals surface area (Å²) in [5.74, 6) is -0.348. The zero-order valence-corrected chi connectivity index (χ0v) is 14.0. The fraction of sp³-hybridized carbons (Fsp3) is 0.167. The Morgan fingerprint density at radius 1 is 1.20 bits per heavy atom. The lowest BCUT2D eigenvalue weighted by Crippen LogP contribution is -2.48. The predicted octanol–water partition coefficient (Wildman–Crippen LogP) is 2.98. The van der Waals surface area contributed by atoms with Crippen LogP contribution in [0.25, 0.3) is 10.9 Å². The number of rotatable bonds is 3. The number of benzene rings is 2. The third kappa shape index (κ3) is 3.25. The van der Waals surface area contributed by atoms with Gasteiger partial charge in [0, 0.05) is 28.5 Å². The SMILES string of the molecule is O=C(NC1NC(c2ccccc2)CN1[O-])c1cc2cc(Cl)ccc2[nH]1. The van der Waals surface area contributed by atoms with Gasteiger partial charge in [-0.25, -0.2) is 0 Å². The van der Waals surface area contributed by atoms with Crippen molar-refractivity contribution in [2.45, 2.75) is 12.3 Å². The Kier molecular flexibility index (Phi) is 4.19. The summed E-state index contributed by atoms with van der Waals surface area (Å²) < 4.78 is 0. The number of hydroxylamine groups is 2. The van der Waals surface area contributed by atoms with Crippen LogP contribution in [-0.2, 0) is 0 Å². The number of nitrogens with zero attached hydrogens (tertiary/aromatic N) is 1. The first-order valence-electron chi connectivity index (χ1n) is 7.94. The minimum absolute atomic E-state index is 0.120. The van der Waals surface area contributed by atoms with Crippen molar-refractivity contribution in [2.75, 3.05) is 6.54 Å². The van der Waals surface area contributed by atoms with E-state index in [1.54, 1.807) is 18.2 Å². The zero-order valence-electron chi connectivity index (χ0n) is 13.2. The largest absolute Gasteiger partial charge is 0.783 e. The summed E-state index contributed by atoms with van der Waals surface area (Å²) in [6, 6.07) is 16.6. The summed E-state index contributed by atoms with van der Waals surface area (Å²) in [6.07, 6.45) is -0.771. The highest BCUT2D eigenvalue weighted by molar-refractivity contribution is 6.31. The van der Waals surface area contributed by atoms with Gasteiger partial charge >= 0.3 is 0 Å². The molecule has 3 N–H and O–H groups in total. The van der Waals surface area contributed by atoms with Gasteiger partial charge in [-0.1, -0.05) is 41.9 Å². The molecule has 1 saturated heterocycles. The first kappa shape index (κ1) is 16.1. The van der Waals surface area contributed by atoms with Crippen molar-refractivity contribution < 1.29 is 4.79 Å². The predicted molar refractivity (Wildman–Crippen MR) is 97.0 cm³/mol. The van der Waals surface area contributed by atoms with E-state index in [4.69, 9.17) is 11.6 Å². The molecule has 2 atom stereocenters. The summed E-state index contributed by atoms with van der Waals surface area (Å²) in [5.41, 5.74) is 2.21. The van der Waals surface area contributed by atoms with E-state index in [1.807, 2.05) is 36.4 Å². The summed E-state index contributed by atoms with van der Waals surface area (Å²) in [4.78, 5) is 15.5. The van der Waals surface area contributed by atoms with Gasteiger partial charge < -0.3 is 20.6 Å². The van der Waals surface area contributed by atoms with Crippen molar-refractivity contribution in [3.8, 4) is 0 Å².